The summed E-state index contributed by atoms with van der Waals surface area (Å²) in [5.41, 5.74) is 1.82. The minimum absolute atomic E-state index is 0.00938. The molecule has 1 saturated heterocycles. The lowest BCUT2D eigenvalue weighted by atomic mass is 9.90. The average Bonchev–Trinajstić information content (AvgIpc) is 2.71. The van der Waals surface area contributed by atoms with Crippen LogP contribution in [0.5, 0.6) is 5.75 Å². The van der Waals surface area contributed by atoms with E-state index in [2.05, 4.69) is 4.98 Å². The second kappa shape index (κ2) is 7.56. The van der Waals surface area contributed by atoms with Gasteiger partial charge in [-0.25, -0.2) is 0 Å². The number of benzene rings is 1. The third-order valence-corrected chi connectivity index (χ3v) is 5.42. The summed E-state index contributed by atoms with van der Waals surface area (Å²) in [6, 6.07) is 9.17. The number of carbonyl (C=O) groups is 2. The van der Waals surface area contributed by atoms with E-state index in [1.807, 2.05) is 17.0 Å². The van der Waals surface area contributed by atoms with Gasteiger partial charge in [0.2, 0.25) is 5.91 Å². The molecule has 1 aromatic heterocycles. The van der Waals surface area contributed by atoms with Crippen molar-refractivity contribution < 1.29 is 14.3 Å². The highest BCUT2D eigenvalue weighted by Gasteiger charge is 2.30. The summed E-state index contributed by atoms with van der Waals surface area (Å²) >= 11 is 6.06. The number of ether oxygens (including phenoxy) is 1. The van der Waals surface area contributed by atoms with E-state index in [4.69, 9.17) is 16.3 Å². The van der Waals surface area contributed by atoms with Gasteiger partial charge in [0.15, 0.2) is 6.61 Å². The van der Waals surface area contributed by atoms with Gasteiger partial charge in [-0.2, -0.15) is 0 Å². The summed E-state index contributed by atoms with van der Waals surface area (Å²) < 4.78 is 5.43. The van der Waals surface area contributed by atoms with Crippen LogP contribution in [0.1, 0.15) is 24.3 Å². The summed E-state index contributed by atoms with van der Waals surface area (Å²) in [6.07, 6.45) is 5.43. The molecular weight excluding hydrogens is 366 g/mol. The summed E-state index contributed by atoms with van der Waals surface area (Å²) in [7, 11) is 0. The highest BCUT2D eigenvalue weighted by molar-refractivity contribution is 6.31. The average molecular weight is 386 g/mol. The molecule has 0 spiro atoms. The monoisotopic (exact) mass is 385 g/mol. The van der Waals surface area contributed by atoms with Gasteiger partial charge in [0.25, 0.3) is 5.91 Å². The number of nitrogens with zero attached hydrogens (tertiary/aromatic N) is 3. The Kier molecular flexibility index (Phi) is 4.99. The van der Waals surface area contributed by atoms with Crippen molar-refractivity contribution in [3.63, 3.8) is 0 Å². The minimum Gasteiger partial charge on any atom is -0.482 e. The second-order valence-electron chi connectivity index (χ2n) is 6.82. The van der Waals surface area contributed by atoms with Crippen molar-refractivity contribution in [1.29, 1.82) is 0 Å². The molecule has 6 nitrogen and oxygen atoms in total. The van der Waals surface area contributed by atoms with Gasteiger partial charge in [0.05, 0.1) is 5.69 Å². The van der Waals surface area contributed by atoms with Crippen LogP contribution in [-0.2, 0) is 9.59 Å². The highest BCUT2D eigenvalue weighted by atomic mass is 35.5. The molecule has 2 aromatic rings. The molecule has 0 bridgehead atoms. The van der Waals surface area contributed by atoms with Crippen molar-refractivity contribution in [1.82, 2.24) is 9.88 Å². The molecule has 140 valence electrons. The van der Waals surface area contributed by atoms with Crippen LogP contribution in [0.15, 0.2) is 42.7 Å². The van der Waals surface area contributed by atoms with Crippen LogP contribution in [0.4, 0.5) is 5.69 Å². The first-order valence-electron chi connectivity index (χ1n) is 9.02. The number of carbonyl (C=O) groups excluding carboxylic acids is 2. The van der Waals surface area contributed by atoms with Gasteiger partial charge in [0, 0.05) is 30.5 Å². The zero-order valence-corrected chi connectivity index (χ0v) is 15.6. The van der Waals surface area contributed by atoms with E-state index in [0.29, 0.717) is 35.5 Å². The number of likely N-dealkylation sites (tertiary alicyclic amines) is 1. The van der Waals surface area contributed by atoms with Crippen LogP contribution < -0.4 is 9.64 Å². The molecule has 1 aromatic carbocycles. The molecule has 0 radical (unpaired) electrons. The van der Waals surface area contributed by atoms with Crippen LogP contribution >= 0.6 is 11.6 Å². The lowest BCUT2D eigenvalue weighted by molar-refractivity contribution is -0.132. The SMILES string of the molecule is O=C(CN1C(=O)COc2ccc(Cl)cc21)N1CCC(c2ccncc2)CC1. The number of anilines is 1. The Morgan fingerprint density at radius 1 is 1.19 bits per heavy atom. The fraction of sp³-hybridized carbons (Fsp3) is 0.350. The first-order valence-corrected chi connectivity index (χ1v) is 9.40. The molecule has 2 aliphatic rings. The second-order valence-corrected chi connectivity index (χ2v) is 7.25. The van der Waals surface area contributed by atoms with Crippen LogP contribution in [0.3, 0.4) is 0 Å². The molecule has 0 saturated carbocycles. The Morgan fingerprint density at radius 3 is 2.67 bits per heavy atom. The molecule has 0 aliphatic carbocycles. The van der Waals surface area contributed by atoms with Crippen LogP contribution in [-0.4, -0.2) is 47.9 Å². The molecule has 1 fully saturated rings. The van der Waals surface area contributed by atoms with Crippen molar-refractivity contribution in [2.75, 3.05) is 31.1 Å². The quantitative estimate of drug-likeness (QED) is 0.815. The maximum Gasteiger partial charge on any atom is 0.265 e. The number of pyridine rings is 1. The Labute approximate surface area is 162 Å². The molecule has 0 N–H and O–H groups in total. The molecule has 4 rings (SSSR count). The van der Waals surface area contributed by atoms with E-state index in [0.717, 1.165) is 12.8 Å². The fourth-order valence-corrected chi connectivity index (χ4v) is 3.85. The standard InChI is InChI=1S/C20H20ClN3O3/c21-16-1-2-18-17(11-16)24(20(26)13-27-18)12-19(25)23-9-5-15(6-10-23)14-3-7-22-8-4-14/h1-4,7-8,11,15H,5-6,9-10,12-13H2. The molecule has 2 amide bonds. The first-order chi connectivity index (χ1) is 13.1. The van der Waals surface area contributed by atoms with E-state index in [1.165, 1.54) is 10.5 Å². The van der Waals surface area contributed by atoms with Gasteiger partial charge < -0.3 is 9.64 Å². The van der Waals surface area contributed by atoms with Gasteiger partial charge >= 0.3 is 0 Å². The van der Waals surface area contributed by atoms with E-state index in [9.17, 15) is 9.59 Å². The predicted molar refractivity (Wildman–Crippen MR) is 102 cm³/mol. The number of rotatable bonds is 3. The van der Waals surface area contributed by atoms with Gasteiger partial charge in [-0.05, 0) is 54.7 Å². The van der Waals surface area contributed by atoms with Crippen molar-refractivity contribution in [2.24, 2.45) is 0 Å². The summed E-state index contributed by atoms with van der Waals surface area (Å²) in [5.74, 6) is 0.735. The molecule has 0 atom stereocenters. The van der Waals surface area contributed by atoms with Gasteiger partial charge in [0.1, 0.15) is 12.3 Å². The first kappa shape index (κ1) is 17.8. The zero-order chi connectivity index (χ0) is 18.8. The topological polar surface area (TPSA) is 62.7 Å². The molecule has 27 heavy (non-hydrogen) atoms. The van der Waals surface area contributed by atoms with Gasteiger partial charge in [-0.1, -0.05) is 11.6 Å². The lowest BCUT2D eigenvalue weighted by Gasteiger charge is -2.35. The number of aromatic nitrogens is 1. The number of halogens is 1. The zero-order valence-electron chi connectivity index (χ0n) is 14.8. The molecule has 3 heterocycles. The van der Waals surface area contributed by atoms with Crippen LogP contribution in [0.25, 0.3) is 0 Å². The van der Waals surface area contributed by atoms with Crippen molar-refractivity contribution in [3.8, 4) is 5.75 Å². The number of amides is 2. The summed E-state index contributed by atoms with van der Waals surface area (Å²) in [4.78, 5) is 32.5. The van der Waals surface area contributed by atoms with Crippen LogP contribution in [0.2, 0.25) is 5.02 Å². The fourth-order valence-electron chi connectivity index (χ4n) is 3.68. The number of hydrogen-bond donors (Lipinski definition) is 0. The van der Waals surface area contributed by atoms with E-state index in [-0.39, 0.29) is 25.0 Å². The Hall–Kier alpha value is -2.60. The number of fused-ring (bicyclic) bond motifs is 1. The highest BCUT2D eigenvalue weighted by Crippen LogP contribution is 2.34. The van der Waals surface area contributed by atoms with E-state index < -0.39 is 0 Å². The van der Waals surface area contributed by atoms with Crippen molar-refractivity contribution in [2.45, 2.75) is 18.8 Å². The molecule has 0 unspecified atom stereocenters. The Bertz CT molecular complexity index is 851. The third-order valence-electron chi connectivity index (χ3n) is 5.18. The number of hydrogen-bond acceptors (Lipinski definition) is 4. The van der Waals surface area contributed by atoms with E-state index >= 15 is 0 Å². The van der Waals surface area contributed by atoms with Crippen LogP contribution in [0, 0.1) is 0 Å². The summed E-state index contributed by atoms with van der Waals surface area (Å²) in [5, 5.41) is 0.502. The van der Waals surface area contributed by atoms with Crippen molar-refractivity contribution in [3.05, 3.63) is 53.3 Å². The minimum atomic E-state index is -0.232. The van der Waals surface area contributed by atoms with E-state index in [1.54, 1.807) is 30.6 Å². The largest absolute Gasteiger partial charge is 0.482 e. The maximum atomic E-state index is 12.8. The summed E-state index contributed by atoms with van der Waals surface area (Å²) in [6.45, 7) is 1.32. The smallest absolute Gasteiger partial charge is 0.265 e. The molecule has 7 heteroatoms. The molecule has 2 aliphatic heterocycles. The van der Waals surface area contributed by atoms with Crippen molar-refractivity contribution >= 4 is 29.1 Å². The predicted octanol–water partition coefficient (Wildman–Crippen LogP) is 2.87. The Morgan fingerprint density at radius 2 is 1.93 bits per heavy atom. The normalized spacial score (nSPS) is 17.4. The van der Waals surface area contributed by atoms with Gasteiger partial charge in [-0.15, -0.1) is 0 Å². The van der Waals surface area contributed by atoms with Gasteiger partial charge in [-0.3, -0.25) is 19.5 Å². The number of piperidine rings is 1. The maximum absolute atomic E-state index is 12.8. The lowest BCUT2D eigenvalue weighted by Crippen LogP contribution is -2.48. The molecular formula is C20H20ClN3O3. The Balaban J connectivity index is 1.42. The third kappa shape index (κ3) is 3.76.